The number of carbonyl (C=O) groups excluding carboxylic acids is 2. The van der Waals surface area contributed by atoms with Gasteiger partial charge >= 0.3 is 5.97 Å². The van der Waals surface area contributed by atoms with Gasteiger partial charge < -0.3 is 14.9 Å². The molecule has 0 aromatic carbocycles. The molecule has 5 nitrogen and oxygen atoms in total. The molecule has 3 aliphatic rings. The lowest BCUT2D eigenvalue weighted by atomic mass is 9.59. The van der Waals surface area contributed by atoms with Gasteiger partial charge in [-0.3, -0.25) is 9.59 Å². The Hall–Kier alpha value is -1.46. The second kappa shape index (κ2) is 4.02. The largest absolute Gasteiger partial charge is 0.457 e. The number of esters is 1. The lowest BCUT2D eigenvalue weighted by Gasteiger charge is -2.48. The molecular weight excluding hydrogens is 260 g/mol. The molecule has 0 aromatic rings. The number of allylic oxidation sites excluding steroid dienone is 2. The van der Waals surface area contributed by atoms with Gasteiger partial charge in [-0.05, 0) is 25.5 Å². The van der Waals surface area contributed by atoms with Crippen LogP contribution in [0.5, 0.6) is 0 Å². The molecule has 0 bridgehead atoms. The predicted molar refractivity (Wildman–Crippen MR) is 69.5 cm³/mol. The van der Waals surface area contributed by atoms with Crippen LogP contribution in [0.2, 0.25) is 0 Å². The van der Waals surface area contributed by atoms with E-state index in [0.29, 0.717) is 11.1 Å². The summed E-state index contributed by atoms with van der Waals surface area (Å²) >= 11 is 0. The van der Waals surface area contributed by atoms with Crippen LogP contribution in [0, 0.1) is 17.3 Å². The van der Waals surface area contributed by atoms with Crippen molar-refractivity contribution in [3.8, 4) is 0 Å². The molecule has 2 fully saturated rings. The predicted octanol–water partition coefficient (Wildman–Crippen LogP) is 0.361. The van der Waals surface area contributed by atoms with Gasteiger partial charge in [0.2, 0.25) is 0 Å². The summed E-state index contributed by atoms with van der Waals surface area (Å²) in [5.41, 5.74) is 0.256. The van der Waals surface area contributed by atoms with Crippen molar-refractivity contribution >= 4 is 11.8 Å². The van der Waals surface area contributed by atoms with Gasteiger partial charge in [-0.15, -0.1) is 0 Å². The van der Waals surface area contributed by atoms with Crippen molar-refractivity contribution in [3.63, 3.8) is 0 Å². The first-order chi connectivity index (χ1) is 9.29. The number of hydrogen-bond donors (Lipinski definition) is 2. The fraction of sp³-hybridized carbons (Fsp3) is 0.600. The van der Waals surface area contributed by atoms with Crippen LogP contribution < -0.4 is 0 Å². The third kappa shape index (κ3) is 1.45. The highest BCUT2D eigenvalue weighted by atomic mass is 16.6. The maximum absolute atomic E-state index is 11.9. The average molecular weight is 278 g/mol. The topological polar surface area (TPSA) is 83.8 Å². The number of ketones is 1. The Labute approximate surface area is 116 Å². The molecule has 2 aliphatic carbocycles. The van der Waals surface area contributed by atoms with E-state index in [1.807, 2.05) is 0 Å². The third-order valence-corrected chi connectivity index (χ3v) is 5.09. The third-order valence-electron chi connectivity index (χ3n) is 5.09. The van der Waals surface area contributed by atoms with E-state index in [9.17, 15) is 19.8 Å². The van der Waals surface area contributed by atoms with Crippen LogP contribution in [-0.2, 0) is 14.3 Å². The first-order valence-electron chi connectivity index (χ1n) is 6.80. The lowest BCUT2D eigenvalue weighted by Crippen LogP contribution is -2.57. The van der Waals surface area contributed by atoms with Gasteiger partial charge in [-0.1, -0.05) is 13.0 Å². The molecular formula is C15H18O5. The summed E-state index contributed by atoms with van der Waals surface area (Å²) in [6.45, 7) is 5.12. The van der Waals surface area contributed by atoms with Gasteiger partial charge in [0.1, 0.15) is 6.10 Å². The average Bonchev–Trinajstić information content (AvgIpc) is 2.68. The van der Waals surface area contributed by atoms with Crippen LogP contribution in [0.1, 0.15) is 20.8 Å². The molecule has 1 saturated carbocycles. The van der Waals surface area contributed by atoms with E-state index in [0.717, 1.165) is 0 Å². The Morgan fingerprint density at radius 2 is 1.95 bits per heavy atom. The second-order valence-electron chi connectivity index (χ2n) is 6.18. The smallest absolute Gasteiger partial charge is 0.309 e. The van der Waals surface area contributed by atoms with Crippen molar-refractivity contribution in [1.29, 1.82) is 0 Å². The molecule has 1 saturated heterocycles. The zero-order chi connectivity index (χ0) is 14.8. The molecule has 6 unspecified atom stereocenters. The molecule has 108 valence electrons. The summed E-state index contributed by atoms with van der Waals surface area (Å²) < 4.78 is 5.40. The van der Waals surface area contributed by atoms with E-state index in [2.05, 4.69) is 0 Å². The number of fused-ring (bicyclic) bond motifs is 3. The zero-order valence-electron chi connectivity index (χ0n) is 11.7. The molecule has 1 aliphatic heterocycles. The van der Waals surface area contributed by atoms with E-state index < -0.39 is 41.5 Å². The van der Waals surface area contributed by atoms with Gasteiger partial charge in [0, 0.05) is 16.9 Å². The molecule has 5 heteroatoms. The molecule has 0 aromatic heterocycles. The molecule has 0 radical (unpaired) electrons. The van der Waals surface area contributed by atoms with Crippen LogP contribution in [0.15, 0.2) is 23.3 Å². The summed E-state index contributed by atoms with van der Waals surface area (Å²) in [5.74, 6) is -1.53. The Morgan fingerprint density at radius 1 is 1.30 bits per heavy atom. The highest BCUT2D eigenvalue weighted by molar-refractivity contribution is 6.05. The first kappa shape index (κ1) is 13.5. The van der Waals surface area contributed by atoms with Crippen LogP contribution in [0.25, 0.3) is 0 Å². The SMILES string of the molecule is CC1=C2C3OC(=O)C(C)C3C(O)C(O)C2(C)C=CC1=O. The van der Waals surface area contributed by atoms with Crippen LogP contribution in [-0.4, -0.2) is 40.3 Å². The minimum absolute atomic E-state index is 0.143. The maximum atomic E-state index is 11.9. The summed E-state index contributed by atoms with van der Waals surface area (Å²) in [5, 5.41) is 20.8. The number of carbonyl (C=O) groups is 2. The quantitative estimate of drug-likeness (QED) is 0.625. The highest BCUT2D eigenvalue weighted by Crippen LogP contribution is 2.53. The van der Waals surface area contributed by atoms with Gasteiger partial charge in [0.25, 0.3) is 0 Å². The van der Waals surface area contributed by atoms with E-state index in [-0.39, 0.29) is 5.78 Å². The van der Waals surface area contributed by atoms with Gasteiger partial charge in [-0.2, -0.15) is 0 Å². The van der Waals surface area contributed by atoms with Gasteiger partial charge in [0.15, 0.2) is 5.78 Å². The van der Waals surface area contributed by atoms with Crippen molar-refractivity contribution in [2.75, 3.05) is 0 Å². The minimum Gasteiger partial charge on any atom is -0.457 e. The first-order valence-corrected chi connectivity index (χ1v) is 6.80. The van der Waals surface area contributed by atoms with E-state index in [1.54, 1.807) is 26.8 Å². The van der Waals surface area contributed by atoms with Crippen LogP contribution in [0.3, 0.4) is 0 Å². The molecule has 0 spiro atoms. The van der Waals surface area contributed by atoms with Gasteiger partial charge in [-0.25, -0.2) is 0 Å². The Balaban J connectivity index is 2.19. The highest BCUT2D eigenvalue weighted by Gasteiger charge is 2.60. The van der Waals surface area contributed by atoms with Crippen molar-refractivity contribution in [3.05, 3.63) is 23.3 Å². The number of hydrogen-bond acceptors (Lipinski definition) is 5. The molecule has 3 rings (SSSR count). The van der Waals surface area contributed by atoms with E-state index in [1.165, 1.54) is 6.08 Å². The van der Waals surface area contributed by atoms with Gasteiger partial charge in [0.05, 0.1) is 18.1 Å². The summed E-state index contributed by atoms with van der Waals surface area (Å²) in [6, 6.07) is 0. The van der Waals surface area contributed by atoms with Crippen molar-refractivity contribution in [2.45, 2.75) is 39.1 Å². The summed E-state index contributed by atoms with van der Waals surface area (Å²) in [6.07, 6.45) is 0.277. The minimum atomic E-state index is -1.06. The maximum Gasteiger partial charge on any atom is 0.309 e. The Kier molecular flexibility index (Phi) is 2.72. The number of rotatable bonds is 0. The van der Waals surface area contributed by atoms with Crippen LogP contribution >= 0.6 is 0 Å². The zero-order valence-corrected chi connectivity index (χ0v) is 11.7. The van der Waals surface area contributed by atoms with E-state index in [4.69, 9.17) is 4.74 Å². The molecule has 0 amide bonds. The fourth-order valence-electron chi connectivity index (χ4n) is 3.80. The Morgan fingerprint density at radius 3 is 2.60 bits per heavy atom. The standard InChI is InChI=1S/C15H18O5/c1-6-8(16)4-5-15(3)10(6)12-9(11(17)13(15)18)7(2)14(19)20-12/h4-5,7,9,11-13,17-18H,1-3H3. The lowest BCUT2D eigenvalue weighted by molar-refractivity contribution is -0.144. The van der Waals surface area contributed by atoms with Crippen molar-refractivity contribution < 1.29 is 24.5 Å². The number of aliphatic hydroxyl groups is 2. The Bertz CT molecular complexity index is 561. The second-order valence-corrected chi connectivity index (χ2v) is 6.18. The molecule has 20 heavy (non-hydrogen) atoms. The van der Waals surface area contributed by atoms with Crippen molar-refractivity contribution in [1.82, 2.24) is 0 Å². The van der Waals surface area contributed by atoms with Crippen LogP contribution in [0.4, 0.5) is 0 Å². The van der Waals surface area contributed by atoms with E-state index >= 15 is 0 Å². The summed E-state index contributed by atoms with van der Waals surface area (Å²) in [7, 11) is 0. The number of ether oxygens (including phenoxy) is 1. The number of aliphatic hydroxyl groups excluding tert-OH is 2. The summed E-state index contributed by atoms with van der Waals surface area (Å²) in [4.78, 5) is 23.7. The molecule has 6 atom stereocenters. The fourth-order valence-corrected chi connectivity index (χ4v) is 3.80. The van der Waals surface area contributed by atoms with Crippen molar-refractivity contribution in [2.24, 2.45) is 17.3 Å². The molecule has 2 N–H and O–H groups in total. The molecule has 1 heterocycles. The monoisotopic (exact) mass is 278 g/mol. The normalized spacial score (nSPS) is 47.1.